The maximum Gasteiger partial charge on any atom is 0.168 e. The standard InChI is InChI=1S/C16H17O4P/c1-18-12-8-13(19-2)16(20-3)15(9-12)21-14-7-5-4-6-11(14)10-17/h4-10,21H,1-3H3. The summed E-state index contributed by atoms with van der Waals surface area (Å²) < 4.78 is 16.1. The lowest BCUT2D eigenvalue weighted by Crippen LogP contribution is -2.12. The molecule has 2 rings (SSSR count). The van der Waals surface area contributed by atoms with Crippen molar-refractivity contribution < 1.29 is 19.0 Å². The maximum absolute atomic E-state index is 11.1. The van der Waals surface area contributed by atoms with Gasteiger partial charge in [0, 0.05) is 16.9 Å². The minimum Gasteiger partial charge on any atom is -0.497 e. The van der Waals surface area contributed by atoms with Crippen molar-refractivity contribution in [2.24, 2.45) is 0 Å². The Balaban J connectivity index is 2.49. The largest absolute Gasteiger partial charge is 0.497 e. The topological polar surface area (TPSA) is 44.8 Å². The minimum atomic E-state index is 0.271. The van der Waals surface area contributed by atoms with Gasteiger partial charge in [-0.05, 0) is 11.4 Å². The Morgan fingerprint density at radius 1 is 0.952 bits per heavy atom. The average molecular weight is 304 g/mol. The van der Waals surface area contributed by atoms with E-state index in [0.29, 0.717) is 22.8 Å². The molecule has 0 aliphatic heterocycles. The molecule has 0 spiro atoms. The first kappa shape index (κ1) is 15.3. The van der Waals surface area contributed by atoms with Crippen LogP contribution in [0.15, 0.2) is 36.4 Å². The van der Waals surface area contributed by atoms with Gasteiger partial charge in [-0.1, -0.05) is 32.8 Å². The number of hydrogen-bond acceptors (Lipinski definition) is 4. The van der Waals surface area contributed by atoms with Crippen LogP contribution in [0.4, 0.5) is 0 Å². The fraction of sp³-hybridized carbons (Fsp3) is 0.188. The van der Waals surface area contributed by atoms with Crippen LogP contribution < -0.4 is 24.8 Å². The highest BCUT2D eigenvalue weighted by Crippen LogP contribution is 2.33. The SMILES string of the molecule is COc1cc(OC)c(OC)c(Pc2ccccc2C=O)c1. The molecule has 0 aliphatic rings. The lowest BCUT2D eigenvalue weighted by molar-refractivity contribution is 0.112. The summed E-state index contributed by atoms with van der Waals surface area (Å²) in [7, 11) is 5.06. The summed E-state index contributed by atoms with van der Waals surface area (Å²) >= 11 is 0. The zero-order valence-electron chi connectivity index (χ0n) is 12.2. The van der Waals surface area contributed by atoms with Crippen LogP contribution in [0.1, 0.15) is 10.4 Å². The summed E-state index contributed by atoms with van der Waals surface area (Å²) in [5.41, 5.74) is 0.680. The van der Waals surface area contributed by atoms with E-state index in [9.17, 15) is 4.79 Å². The molecule has 1 atom stereocenters. The molecular formula is C16H17O4P. The van der Waals surface area contributed by atoms with Crippen molar-refractivity contribution in [3.05, 3.63) is 42.0 Å². The summed E-state index contributed by atoms with van der Waals surface area (Å²) in [6.45, 7) is 0. The van der Waals surface area contributed by atoms with Crippen LogP contribution >= 0.6 is 8.58 Å². The number of benzene rings is 2. The molecule has 0 aromatic heterocycles. The van der Waals surface area contributed by atoms with E-state index in [1.54, 1.807) is 33.5 Å². The van der Waals surface area contributed by atoms with E-state index in [-0.39, 0.29) is 8.58 Å². The van der Waals surface area contributed by atoms with Gasteiger partial charge in [-0.15, -0.1) is 0 Å². The molecule has 0 radical (unpaired) electrons. The van der Waals surface area contributed by atoms with Gasteiger partial charge in [-0.25, -0.2) is 0 Å². The Morgan fingerprint density at radius 3 is 2.33 bits per heavy atom. The molecular weight excluding hydrogens is 287 g/mol. The van der Waals surface area contributed by atoms with Gasteiger partial charge in [0.2, 0.25) is 0 Å². The normalized spacial score (nSPS) is 10.6. The van der Waals surface area contributed by atoms with Crippen LogP contribution in [0.25, 0.3) is 0 Å². The van der Waals surface area contributed by atoms with Crippen molar-refractivity contribution in [3.63, 3.8) is 0 Å². The molecule has 0 saturated carbocycles. The smallest absolute Gasteiger partial charge is 0.168 e. The van der Waals surface area contributed by atoms with E-state index in [0.717, 1.165) is 16.9 Å². The number of aldehydes is 1. The number of ether oxygens (including phenoxy) is 3. The molecule has 1 unspecified atom stereocenters. The Bertz CT molecular complexity index is 640. The van der Waals surface area contributed by atoms with E-state index in [1.807, 2.05) is 24.3 Å². The molecule has 5 heteroatoms. The van der Waals surface area contributed by atoms with Crippen molar-refractivity contribution in [3.8, 4) is 17.2 Å². The van der Waals surface area contributed by atoms with Crippen molar-refractivity contribution in [2.45, 2.75) is 0 Å². The molecule has 0 heterocycles. The number of carbonyl (C=O) groups excluding carboxylic acids is 1. The highest BCUT2D eigenvalue weighted by atomic mass is 31.1. The van der Waals surface area contributed by atoms with Crippen molar-refractivity contribution >= 4 is 25.5 Å². The molecule has 110 valence electrons. The van der Waals surface area contributed by atoms with Gasteiger partial charge in [0.25, 0.3) is 0 Å². The molecule has 4 nitrogen and oxygen atoms in total. The number of rotatable bonds is 6. The predicted octanol–water partition coefficient (Wildman–Crippen LogP) is 2.15. The molecule has 2 aromatic rings. The summed E-state index contributed by atoms with van der Waals surface area (Å²) in [4.78, 5) is 11.1. The van der Waals surface area contributed by atoms with Crippen LogP contribution in [0.2, 0.25) is 0 Å². The second-order valence-electron chi connectivity index (χ2n) is 4.24. The van der Waals surface area contributed by atoms with Crippen LogP contribution in [0.5, 0.6) is 17.2 Å². The van der Waals surface area contributed by atoms with Crippen LogP contribution in [-0.4, -0.2) is 27.6 Å². The maximum atomic E-state index is 11.1. The Kier molecular flexibility index (Phi) is 5.18. The third-order valence-corrected chi connectivity index (χ3v) is 4.41. The van der Waals surface area contributed by atoms with Gasteiger partial charge in [0.15, 0.2) is 17.8 Å². The monoisotopic (exact) mass is 304 g/mol. The third kappa shape index (κ3) is 3.34. The molecule has 0 bridgehead atoms. The second-order valence-corrected chi connectivity index (χ2v) is 5.57. The summed E-state index contributed by atoms with van der Waals surface area (Å²) in [5, 5.41) is 1.89. The van der Waals surface area contributed by atoms with Crippen molar-refractivity contribution in [1.29, 1.82) is 0 Å². The van der Waals surface area contributed by atoms with Crippen LogP contribution in [0, 0.1) is 0 Å². The van der Waals surface area contributed by atoms with Gasteiger partial charge in [0.05, 0.1) is 21.3 Å². The predicted molar refractivity (Wildman–Crippen MR) is 85.5 cm³/mol. The summed E-state index contributed by atoms with van der Waals surface area (Å²) in [6.07, 6.45) is 0.867. The second kappa shape index (κ2) is 7.09. The summed E-state index contributed by atoms with van der Waals surface area (Å²) in [6, 6.07) is 11.2. The molecule has 0 N–H and O–H groups in total. The molecule has 0 amide bonds. The van der Waals surface area contributed by atoms with E-state index >= 15 is 0 Å². The first-order valence-electron chi connectivity index (χ1n) is 6.34. The van der Waals surface area contributed by atoms with Gasteiger partial charge >= 0.3 is 0 Å². The molecule has 2 aromatic carbocycles. The number of carbonyl (C=O) groups is 1. The zero-order valence-corrected chi connectivity index (χ0v) is 13.2. The van der Waals surface area contributed by atoms with Crippen molar-refractivity contribution in [1.82, 2.24) is 0 Å². The van der Waals surface area contributed by atoms with Crippen molar-refractivity contribution in [2.75, 3.05) is 21.3 Å². The molecule has 0 saturated heterocycles. The minimum absolute atomic E-state index is 0.271. The highest BCUT2D eigenvalue weighted by Gasteiger charge is 2.14. The molecule has 0 aliphatic carbocycles. The Labute approximate surface area is 125 Å². The van der Waals surface area contributed by atoms with Gasteiger partial charge in [-0.2, -0.15) is 0 Å². The van der Waals surface area contributed by atoms with Gasteiger partial charge in [-0.3, -0.25) is 4.79 Å². The van der Waals surface area contributed by atoms with E-state index in [1.165, 1.54) is 0 Å². The van der Waals surface area contributed by atoms with E-state index in [2.05, 4.69) is 0 Å². The van der Waals surface area contributed by atoms with E-state index in [4.69, 9.17) is 14.2 Å². The van der Waals surface area contributed by atoms with E-state index < -0.39 is 0 Å². The zero-order chi connectivity index (χ0) is 15.2. The van der Waals surface area contributed by atoms with Crippen LogP contribution in [0.3, 0.4) is 0 Å². The molecule has 0 fully saturated rings. The van der Waals surface area contributed by atoms with Gasteiger partial charge in [0.1, 0.15) is 5.75 Å². The highest BCUT2D eigenvalue weighted by molar-refractivity contribution is 7.56. The quantitative estimate of drug-likeness (QED) is 0.606. The first-order chi connectivity index (χ1) is 10.2. The number of methoxy groups -OCH3 is 3. The third-order valence-electron chi connectivity index (χ3n) is 3.05. The number of hydrogen-bond donors (Lipinski definition) is 0. The van der Waals surface area contributed by atoms with Gasteiger partial charge < -0.3 is 14.2 Å². The molecule has 21 heavy (non-hydrogen) atoms. The Morgan fingerprint density at radius 2 is 1.71 bits per heavy atom. The Hall–Kier alpha value is -2.06. The average Bonchev–Trinajstić information content (AvgIpc) is 2.54. The fourth-order valence-electron chi connectivity index (χ4n) is 2.01. The lowest BCUT2D eigenvalue weighted by atomic mass is 10.2. The lowest BCUT2D eigenvalue weighted by Gasteiger charge is -2.15. The van der Waals surface area contributed by atoms with Crippen LogP contribution in [-0.2, 0) is 0 Å². The summed E-state index contributed by atoms with van der Waals surface area (Å²) in [5.74, 6) is 1.97. The first-order valence-corrected chi connectivity index (χ1v) is 7.34. The fourth-order valence-corrected chi connectivity index (χ4v) is 3.32.